The third-order valence-electron chi connectivity index (χ3n) is 12.4. The number of amides is 4. The number of rotatable bonds is 19. The third kappa shape index (κ3) is 17.7. The molecule has 4 amide bonds. The van der Waals surface area contributed by atoms with E-state index in [0.29, 0.717) is 50.1 Å². The molecule has 3 rings (SSSR count). The van der Waals surface area contributed by atoms with E-state index in [9.17, 15) is 34.2 Å². The first kappa shape index (κ1) is 58.8. The van der Waals surface area contributed by atoms with E-state index in [1.165, 1.54) is 52.0 Å². The second-order valence-electron chi connectivity index (χ2n) is 19.3. The number of hydrogen-bond donors (Lipinski definition) is 5. The summed E-state index contributed by atoms with van der Waals surface area (Å²) in [5.74, 6) is -1.32. The number of carbonyl (C=O) groups excluding carboxylic acids is 5. The molecule has 0 aromatic heterocycles. The van der Waals surface area contributed by atoms with Crippen molar-refractivity contribution in [2.45, 2.75) is 159 Å². The molecule has 0 spiro atoms. The number of fused-ring (bicyclic) bond motifs is 4. The Morgan fingerprint density at radius 1 is 1.13 bits per heavy atom. The van der Waals surface area contributed by atoms with Gasteiger partial charge in [-0.3, -0.25) is 19.7 Å². The predicted molar refractivity (Wildman–Crippen MR) is 267 cm³/mol. The molecule has 68 heavy (non-hydrogen) atoms. The Balaban J connectivity index is 1.78. The van der Waals surface area contributed by atoms with Crippen molar-refractivity contribution in [1.82, 2.24) is 15.5 Å². The molecule has 1 aromatic carbocycles. The second-order valence-corrected chi connectivity index (χ2v) is 22.8. The second kappa shape index (κ2) is 26.1. The SMILES string of the molecule is COc1cc2cc(c1Cl)N(C)C(=O)CC(OC(=O)[C@H](C)N(C)C(=O)CCC(C)(C)SSCCCC(=O)NCCC(C)(C)OCN)[C@](C)(O)C[C@H](C)[C@@H]1C[C@@](O)(NC(=O)O1)[C@H](OC)/C=C/C=C(\C)C2. The van der Waals surface area contributed by atoms with Crippen LogP contribution >= 0.6 is 33.2 Å². The Morgan fingerprint density at radius 3 is 2.47 bits per heavy atom. The van der Waals surface area contributed by atoms with Gasteiger partial charge in [-0.2, -0.15) is 0 Å². The highest BCUT2D eigenvalue weighted by Gasteiger charge is 2.49. The number of carbonyl (C=O) groups is 5. The maximum atomic E-state index is 14.3. The van der Waals surface area contributed by atoms with Crippen LogP contribution in [0.25, 0.3) is 0 Å². The minimum absolute atomic E-state index is 0.0262. The van der Waals surface area contributed by atoms with Crippen LogP contribution in [0, 0.1) is 5.92 Å². The summed E-state index contributed by atoms with van der Waals surface area (Å²) in [6.07, 6.45) is 2.87. The van der Waals surface area contributed by atoms with Gasteiger partial charge < -0.3 is 54.7 Å². The monoisotopic (exact) mass is 1010 g/mol. The fourth-order valence-electron chi connectivity index (χ4n) is 7.87. The Morgan fingerprint density at radius 2 is 1.82 bits per heavy atom. The number of allylic oxidation sites excluding steroid dienone is 3. The van der Waals surface area contributed by atoms with Gasteiger partial charge in [0, 0.05) is 57.5 Å². The summed E-state index contributed by atoms with van der Waals surface area (Å²) in [6.45, 7) is 15.1. The van der Waals surface area contributed by atoms with E-state index in [-0.39, 0.29) is 47.6 Å². The highest BCUT2D eigenvalue weighted by atomic mass is 35.5. The van der Waals surface area contributed by atoms with Crippen molar-refractivity contribution < 1.29 is 57.9 Å². The summed E-state index contributed by atoms with van der Waals surface area (Å²) in [6, 6.07) is 2.41. The number of halogens is 1. The molecular weight excluding hydrogens is 938 g/mol. The van der Waals surface area contributed by atoms with Crippen LogP contribution in [-0.4, -0.2) is 138 Å². The van der Waals surface area contributed by atoms with Crippen molar-refractivity contribution in [3.05, 3.63) is 46.5 Å². The lowest BCUT2D eigenvalue weighted by Gasteiger charge is -2.43. The molecule has 2 aliphatic heterocycles. The Kier molecular flexibility index (Phi) is 22.5. The van der Waals surface area contributed by atoms with Crippen LogP contribution < -0.4 is 26.0 Å². The molecule has 20 heteroatoms. The lowest BCUT2D eigenvalue weighted by atomic mass is 9.81. The first-order chi connectivity index (χ1) is 31.7. The third-order valence-corrected chi connectivity index (χ3v) is 16.2. The number of benzene rings is 1. The van der Waals surface area contributed by atoms with Crippen LogP contribution in [0.2, 0.25) is 5.02 Å². The van der Waals surface area contributed by atoms with Crippen LogP contribution in [-0.2, 0) is 44.5 Å². The molecule has 1 saturated heterocycles. The van der Waals surface area contributed by atoms with E-state index in [4.69, 9.17) is 41.0 Å². The molecule has 6 N–H and O–H groups in total. The van der Waals surface area contributed by atoms with E-state index >= 15 is 0 Å². The normalized spacial score (nSPS) is 25.8. The molecule has 1 fully saturated rings. The van der Waals surface area contributed by atoms with E-state index in [1.54, 1.807) is 52.8 Å². The van der Waals surface area contributed by atoms with Crippen molar-refractivity contribution in [2.75, 3.05) is 52.2 Å². The molecule has 1 unspecified atom stereocenters. The van der Waals surface area contributed by atoms with Crippen molar-refractivity contribution >= 4 is 68.7 Å². The molecule has 7 atom stereocenters. The molecule has 2 heterocycles. The predicted octanol–water partition coefficient (Wildman–Crippen LogP) is 6.44. The number of nitrogens with one attached hydrogen (secondary N) is 2. The average Bonchev–Trinajstić information content (AvgIpc) is 3.25. The smallest absolute Gasteiger partial charge is 0.409 e. The van der Waals surface area contributed by atoms with Crippen LogP contribution in [0.3, 0.4) is 0 Å². The molecule has 1 aromatic rings. The molecule has 0 aliphatic carbocycles. The van der Waals surface area contributed by atoms with E-state index in [0.717, 1.165) is 16.9 Å². The number of nitrogens with two attached hydrogens (primary N) is 1. The molecule has 2 aliphatic rings. The van der Waals surface area contributed by atoms with Gasteiger partial charge in [-0.05, 0) is 104 Å². The summed E-state index contributed by atoms with van der Waals surface area (Å²) in [7, 11) is 9.15. The number of anilines is 1. The van der Waals surface area contributed by atoms with Crippen molar-refractivity contribution in [3.8, 4) is 5.75 Å². The first-order valence-electron chi connectivity index (χ1n) is 23.0. The number of hydrogen-bond acceptors (Lipinski definition) is 15. The minimum Gasteiger partial charge on any atom is -0.495 e. The first-order valence-corrected chi connectivity index (χ1v) is 25.7. The Bertz CT molecular complexity index is 1970. The number of alkyl carbamates (subject to hydrolysis) is 1. The highest BCUT2D eigenvalue weighted by molar-refractivity contribution is 8.77. The molecule has 4 bridgehead atoms. The number of aliphatic hydroxyl groups is 2. The summed E-state index contributed by atoms with van der Waals surface area (Å²) in [5, 5.41) is 29.6. The zero-order valence-electron chi connectivity index (χ0n) is 41.9. The zero-order chi connectivity index (χ0) is 51.2. The summed E-state index contributed by atoms with van der Waals surface area (Å²) >= 11 is 6.79. The topological polar surface area (TPSA) is 229 Å². The Hall–Kier alpha value is -3.56. The van der Waals surface area contributed by atoms with Crippen molar-refractivity contribution in [2.24, 2.45) is 11.7 Å². The van der Waals surface area contributed by atoms with Gasteiger partial charge in [-0.1, -0.05) is 63.9 Å². The largest absolute Gasteiger partial charge is 0.495 e. The molecule has 0 radical (unpaired) electrons. The molecule has 0 saturated carbocycles. The summed E-state index contributed by atoms with van der Waals surface area (Å²) in [5.41, 5.74) is 3.23. The molecule has 384 valence electrons. The van der Waals surface area contributed by atoms with Crippen LogP contribution in [0.1, 0.15) is 112 Å². The van der Waals surface area contributed by atoms with Crippen molar-refractivity contribution in [1.29, 1.82) is 0 Å². The standard InChI is InChI=1S/C48H76ClN5O12S2/c1-30-15-13-16-37(63-12)48(61)28-36(65-44(59)52-48)31(2)27-47(8,60)38(26-41(57)54(10)34-24-33(23-30)25-35(62-11)42(34)49)66-43(58)32(3)53(9)40(56)18-19-46(6,7)68-67-22-14-17-39(55)51-21-20-45(4,5)64-29-50/h13,15-16,24-25,31-32,36-38,60-61H,14,17-23,26-29,50H2,1-12H3,(H,51,55)(H,52,59)/b16-13+,30-15+/t31-,32-,36-,37+,38?,47+,48-/m0/s1. The van der Waals surface area contributed by atoms with Gasteiger partial charge in [0.05, 0.1) is 37.2 Å². The summed E-state index contributed by atoms with van der Waals surface area (Å²) < 4.78 is 28.0. The van der Waals surface area contributed by atoms with Gasteiger partial charge >= 0.3 is 12.1 Å². The van der Waals surface area contributed by atoms with Gasteiger partial charge in [0.15, 0.2) is 5.72 Å². The van der Waals surface area contributed by atoms with Gasteiger partial charge in [0.1, 0.15) is 35.1 Å². The van der Waals surface area contributed by atoms with Gasteiger partial charge in [0.25, 0.3) is 0 Å². The quantitative estimate of drug-likeness (QED) is 0.0435. The minimum atomic E-state index is -1.92. The lowest BCUT2D eigenvalue weighted by Crippen LogP contribution is -2.63. The van der Waals surface area contributed by atoms with E-state index in [2.05, 4.69) is 10.6 Å². The number of esters is 1. The molecule has 17 nitrogen and oxygen atoms in total. The molecular formula is C48H76ClN5O12S2. The number of likely N-dealkylation sites (N-methyl/N-ethyl adjacent to an activating group) is 1. The number of nitrogens with zero attached hydrogens (tertiary/aromatic N) is 2. The van der Waals surface area contributed by atoms with Gasteiger partial charge in [0.2, 0.25) is 17.7 Å². The highest BCUT2D eigenvalue weighted by Crippen LogP contribution is 2.40. The van der Waals surface area contributed by atoms with Gasteiger partial charge in [-0.15, -0.1) is 0 Å². The fourth-order valence-corrected chi connectivity index (χ4v) is 10.8. The maximum Gasteiger partial charge on any atom is 0.409 e. The van der Waals surface area contributed by atoms with E-state index < -0.39 is 71.6 Å². The lowest BCUT2D eigenvalue weighted by molar-refractivity contribution is -0.176. The van der Waals surface area contributed by atoms with Crippen LogP contribution in [0.4, 0.5) is 10.5 Å². The average molecular weight is 1010 g/mol. The fraction of sp³-hybridized carbons (Fsp3) is 0.688. The summed E-state index contributed by atoms with van der Waals surface area (Å²) in [4.78, 5) is 69.7. The van der Waals surface area contributed by atoms with E-state index in [1.807, 2.05) is 40.7 Å². The van der Waals surface area contributed by atoms with Crippen LogP contribution in [0.15, 0.2) is 35.9 Å². The number of methoxy groups -OCH3 is 2. The van der Waals surface area contributed by atoms with Gasteiger partial charge in [-0.25, -0.2) is 9.59 Å². The van der Waals surface area contributed by atoms with Crippen molar-refractivity contribution in [3.63, 3.8) is 0 Å². The maximum absolute atomic E-state index is 14.3. The van der Waals surface area contributed by atoms with Crippen LogP contribution in [0.5, 0.6) is 5.75 Å². The Labute approximate surface area is 415 Å². The zero-order valence-corrected chi connectivity index (χ0v) is 44.3. The number of ether oxygens (including phenoxy) is 5.